The molecule has 8 nitrogen and oxygen atoms in total. The first kappa shape index (κ1) is 22.7. The number of carbonyl (C=O) groups excluding carboxylic acids is 1. The van der Waals surface area contributed by atoms with Crippen molar-refractivity contribution in [2.75, 3.05) is 46.5 Å². The molecule has 1 aromatic heterocycles. The Balaban J connectivity index is 2.35. The molecule has 1 heterocycles. The lowest BCUT2D eigenvalue weighted by Crippen LogP contribution is -2.26. The molecule has 158 valence electrons. The summed E-state index contributed by atoms with van der Waals surface area (Å²) in [6.07, 6.45) is 1.75. The summed E-state index contributed by atoms with van der Waals surface area (Å²) in [7, 11) is 6.18. The van der Waals surface area contributed by atoms with Crippen LogP contribution in [0.5, 0.6) is 11.5 Å². The highest BCUT2D eigenvalue weighted by molar-refractivity contribution is 6.28. The van der Waals surface area contributed by atoms with Crippen LogP contribution >= 0.6 is 11.6 Å². The van der Waals surface area contributed by atoms with Gasteiger partial charge in [-0.3, -0.25) is 0 Å². The number of aromatic nitrogens is 2. The smallest absolute Gasteiger partial charge is 0.356 e. The second kappa shape index (κ2) is 11.4. The van der Waals surface area contributed by atoms with E-state index < -0.39 is 5.97 Å². The number of hydrogen-bond donors (Lipinski definition) is 0. The lowest BCUT2D eigenvalue weighted by atomic mass is 10.1. The van der Waals surface area contributed by atoms with E-state index in [2.05, 4.69) is 9.97 Å². The van der Waals surface area contributed by atoms with Gasteiger partial charge in [-0.15, -0.1) is 0 Å². The number of hydrogen-bond acceptors (Lipinski definition) is 8. The third-order valence-electron chi connectivity index (χ3n) is 4.29. The molecule has 29 heavy (non-hydrogen) atoms. The quantitative estimate of drug-likeness (QED) is 0.309. The molecule has 0 atom stereocenters. The van der Waals surface area contributed by atoms with E-state index in [4.69, 9.17) is 30.5 Å². The van der Waals surface area contributed by atoms with E-state index >= 15 is 0 Å². The lowest BCUT2D eigenvalue weighted by molar-refractivity contribution is 0.0594. The zero-order chi connectivity index (χ0) is 21.2. The normalized spacial score (nSPS) is 10.5. The van der Waals surface area contributed by atoms with E-state index in [0.717, 1.165) is 18.4 Å². The van der Waals surface area contributed by atoms with Crippen LogP contribution in [-0.4, -0.2) is 57.5 Å². The summed E-state index contributed by atoms with van der Waals surface area (Å²) < 4.78 is 20.7. The maximum Gasteiger partial charge on any atom is 0.356 e. The van der Waals surface area contributed by atoms with E-state index in [1.54, 1.807) is 27.4 Å². The monoisotopic (exact) mass is 423 g/mol. The summed E-state index contributed by atoms with van der Waals surface area (Å²) in [4.78, 5) is 22.2. The predicted octanol–water partition coefficient (Wildman–Crippen LogP) is 3.37. The van der Waals surface area contributed by atoms with Crippen molar-refractivity contribution in [1.29, 1.82) is 0 Å². The average Bonchev–Trinajstić information content (AvgIpc) is 2.74. The Morgan fingerprint density at radius 2 is 1.86 bits per heavy atom. The molecular weight excluding hydrogens is 398 g/mol. The molecule has 0 aliphatic rings. The Kier molecular flexibility index (Phi) is 8.95. The summed E-state index contributed by atoms with van der Waals surface area (Å²) in [6, 6.07) is 7.20. The first-order valence-electron chi connectivity index (χ1n) is 9.10. The van der Waals surface area contributed by atoms with Crippen LogP contribution in [0.1, 0.15) is 28.9 Å². The zero-order valence-electron chi connectivity index (χ0n) is 17.1. The van der Waals surface area contributed by atoms with Crippen LogP contribution in [-0.2, 0) is 16.0 Å². The van der Waals surface area contributed by atoms with Crippen molar-refractivity contribution in [3.8, 4) is 11.5 Å². The van der Waals surface area contributed by atoms with Gasteiger partial charge in [-0.05, 0) is 36.6 Å². The number of methoxy groups -OCH3 is 4. The van der Waals surface area contributed by atoms with Crippen LogP contribution < -0.4 is 14.4 Å². The highest BCUT2D eigenvalue weighted by Gasteiger charge is 2.17. The van der Waals surface area contributed by atoms with Crippen LogP contribution in [0.25, 0.3) is 0 Å². The van der Waals surface area contributed by atoms with Crippen molar-refractivity contribution in [2.45, 2.75) is 19.4 Å². The number of unbranched alkanes of at least 4 members (excludes halogenated alkanes) is 1. The summed E-state index contributed by atoms with van der Waals surface area (Å²) in [5.74, 6) is 1.35. The van der Waals surface area contributed by atoms with Gasteiger partial charge < -0.3 is 23.8 Å². The SMILES string of the molecule is COCCCCN(Cc1ccc(OC)cc1OC)c1cc(C(=O)OC)nc(Cl)n1. The Bertz CT molecular complexity index is 819. The molecule has 0 aliphatic heterocycles. The predicted molar refractivity (Wildman–Crippen MR) is 110 cm³/mol. The average molecular weight is 424 g/mol. The number of benzene rings is 1. The number of anilines is 1. The molecule has 0 N–H and O–H groups in total. The molecule has 0 aliphatic carbocycles. The number of ether oxygens (including phenoxy) is 4. The topological polar surface area (TPSA) is 83.0 Å². The maximum atomic E-state index is 11.9. The van der Waals surface area contributed by atoms with Crippen molar-refractivity contribution in [3.63, 3.8) is 0 Å². The summed E-state index contributed by atoms with van der Waals surface area (Å²) in [6.45, 7) is 1.83. The Labute approximate surface area is 175 Å². The molecule has 0 bridgehead atoms. The minimum Gasteiger partial charge on any atom is -0.497 e. The van der Waals surface area contributed by atoms with Gasteiger partial charge in [0.1, 0.15) is 17.3 Å². The first-order chi connectivity index (χ1) is 14.0. The zero-order valence-corrected chi connectivity index (χ0v) is 17.9. The number of carbonyl (C=O) groups is 1. The van der Waals surface area contributed by atoms with Crippen molar-refractivity contribution >= 4 is 23.4 Å². The van der Waals surface area contributed by atoms with Crippen molar-refractivity contribution < 1.29 is 23.7 Å². The molecule has 0 saturated carbocycles. The van der Waals surface area contributed by atoms with Gasteiger partial charge >= 0.3 is 5.97 Å². The molecule has 1 aromatic carbocycles. The van der Waals surface area contributed by atoms with Crippen LogP contribution in [0, 0.1) is 0 Å². The molecule has 0 amide bonds. The highest BCUT2D eigenvalue weighted by atomic mass is 35.5. The molecule has 0 saturated heterocycles. The van der Waals surface area contributed by atoms with Gasteiger partial charge in [0, 0.05) is 44.5 Å². The van der Waals surface area contributed by atoms with E-state index in [1.165, 1.54) is 7.11 Å². The molecule has 0 unspecified atom stereocenters. The Morgan fingerprint density at radius 1 is 1.07 bits per heavy atom. The number of rotatable bonds is 11. The second-order valence-corrected chi connectivity index (χ2v) is 6.51. The van der Waals surface area contributed by atoms with Gasteiger partial charge in [-0.1, -0.05) is 0 Å². The van der Waals surface area contributed by atoms with Crippen LogP contribution in [0.2, 0.25) is 5.28 Å². The standard InChI is InChI=1S/C20H26ClN3O5/c1-26-10-6-5-9-24(13-14-7-8-15(27-2)11-17(14)28-3)18-12-16(19(25)29-4)22-20(21)23-18/h7-8,11-12H,5-6,9-10,13H2,1-4H3. The third kappa shape index (κ3) is 6.47. The van der Waals surface area contributed by atoms with E-state index in [1.807, 2.05) is 23.1 Å². The third-order valence-corrected chi connectivity index (χ3v) is 4.45. The van der Waals surface area contributed by atoms with Crippen molar-refractivity contribution in [1.82, 2.24) is 9.97 Å². The molecule has 2 rings (SSSR count). The fourth-order valence-corrected chi connectivity index (χ4v) is 2.97. The summed E-state index contributed by atoms with van der Waals surface area (Å²) in [5, 5.41) is -0.0218. The lowest BCUT2D eigenvalue weighted by Gasteiger charge is -2.25. The molecule has 0 spiro atoms. The maximum absolute atomic E-state index is 11.9. The van der Waals surface area contributed by atoms with E-state index in [9.17, 15) is 4.79 Å². The van der Waals surface area contributed by atoms with Gasteiger partial charge in [0.05, 0.1) is 21.3 Å². The molecule has 0 radical (unpaired) electrons. The van der Waals surface area contributed by atoms with Gasteiger partial charge in [0.2, 0.25) is 5.28 Å². The van der Waals surface area contributed by atoms with Crippen LogP contribution in [0.3, 0.4) is 0 Å². The Hall–Kier alpha value is -2.58. The van der Waals surface area contributed by atoms with Crippen LogP contribution in [0.4, 0.5) is 5.82 Å². The largest absolute Gasteiger partial charge is 0.497 e. The van der Waals surface area contributed by atoms with Crippen molar-refractivity contribution in [2.24, 2.45) is 0 Å². The van der Waals surface area contributed by atoms with E-state index in [0.29, 0.717) is 37.0 Å². The summed E-state index contributed by atoms with van der Waals surface area (Å²) in [5.41, 5.74) is 1.04. The second-order valence-electron chi connectivity index (χ2n) is 6.17. The molecule has 9 heteroatoms. The fourth-order valence-electron chi connectivity index (χ4n) is 2.79. The number of halogens is 1. The van der Waals surface area contributed by atoms with Crippen LogP contribution in [0.15, 0.2) is 24.3 Å². The van der Waals surface area contributed by atoms with Gasteiger partial charge in [-0.25, -0.2) is 14.8 Å². The minimum absolute atomic E-state index is 0.0218. The van der Waals surface area contributed by atoms with E-state index in [-0.39, 0.29) is 11.0 Å². The minimum atomic E-state index is -0.572. The molecule has 2 aromatic rings. The highest BCUT2D eigenvalue weighted by Crippen LogP contribution is 2.28. The van der Waals surface area contributed by atoms with Gasteiger partial charge in [0.25, 0.3) is 0 Å². The Morgan fingerprint density at radius 3 is 2.52 bits per heavy atom. The first-order valence-corrected chi connectivity index (χ1v) is 9.47. The molecular formula is C20H26ClN3O5. The number of nitrogens with zero attached hydrogens (tertiary/aromatic N) is 3. The fraction of sp³-hybridized carbons (Fsp3) is 0.450. The van der Waals surface area contributed by atoms with Gasteiger partial charge in [0.15, 0.2) is 5.69 Å². The molecule has 0 fully saturated rings. The summed E-state index contributed by atoms with van der Waals surface area (Å²) >= 11 is 6.06. The van der Waals surface area contributed by atoms with Crippen molar-refractivity contribution in [3.05, 3.63) is 40.8 Å². The van der Waals surface area contributed by atoms with Gasteiger partial charge in [-0.2, -0.15) is 0 Å². The number of esters is 1.